The Morgan fingerprint density at radius 3 is 2.77 bits per heavy atom. The van der Waals surface area contributed by atoms with E-state index in [1.54, 1.807) is 17.5 Å². The Morgan fingerprint density at radius 1 is 1.50 bits per heavy atom. The number of rotatable bonds is 6. The molecule has 22 heavy (non-hydrogen) atoms. The molecule has 2 atom stereocenters. The molecule has 2 amide bonds. The third kappa shape index (κ3) is 4.20. The van der Waals surface area contributed by atoms with Crippen LogP contribution in [0, 0.1) is 5.92 Å². The number of amides is 2. The van der Waals surface area contributed by atoms with E-state index in [0.29, 0.717) is 5.92 Å². The van der Waals surface area contributed by atoms with Crippen molar-refractivity contribution in [3.63, 3.8) is 0 Å². The lowest BCUT2D eigenvalue weighted by molar-refractivity contribution is 0.100. The second-order valence-corrected chi connectivity index (χ2v) is 7.27. The summed E-state index contributed by atoms with van der Waals surface area (Å²) in [7, 11) is 0. The van der Waals surface area contributed by atoms with E-state index in [1.807, 2.05) is 19.2 Å². The summed E-state index contributed by atoms with van der Waals surface area (Å²) < 4.78 is 0. The fraction of sp³-hybridized carbons (Fsp3) is 0.750. The van der Waals surface area contributed by atoms with Crippen molar-refractivity contribution >= 4 is 17.4 Å². The third-order valence-corrected chi connectivity index (χ3v) is 5.59. The van der Waals surface area contributed by atoms with E-state index in [2.05, 4.69) is 15.6 Å². The molecule has 1 fully saturated rings. The highest BCUT2D eigenvalue weighted by molar-refractivity contribution is 7.09. The zero-order chi connectivity index (χ0) is 16.0. The molecule has 6 heteroatoms. The van der Waals surface area contributed by atoms with Crippen LogP contribution in [0.3, 0.4) is 0 Å². The van der Waals surface area contributed by atoms with Crippen LogP contribution < -0.4 is 10.6 Å². The monoisotopic (exact) mass is 325 g/mol. The molecule has 124 valence electrons. The van der Waals surface area contributed by atoms with E-state index in [4.69, 9.17) is 0 Å². The fourth-order valence-corrected chi connectivity index (χ4v) is 3.98. The summed E-state index contributed by atoms with van der Waals surface area (Å²) in [5.74, 6) is 0.344. The molecule has 0 unspecified atom stereocenters. The number of carbonyl (C=O) groups excluding carboxylic acids is 1. The Bertz CT molecular complexity index is 460. The Balaban J connectivity index is 1.96. The first kappa shape index (κ1) is 17.2. The minimum absolute atomic E-state index is 0.0286. The lowest BCUT2D eigenvalue weighted by atomic mass is 9.76. The van der Waals surface area contributed by atoms with Crippen molar-refractivity contribution in [3.8, 4) is 0 Å². The molecular weight excluding hydrogens is 298 g/mol. The standard InChI is InChI=1S/C16H27N3O2S/c1-3-13(14-17-9-10-22-14)18-15(21)19-16(2,11-20)12-7-5-4-6-8-12/h9-10,12-13,20H,3-8,11H2,1-2H3,(H2,18,19,21)/t13-,16+/m1/s1. The van der Waals surface area contributed by atoms with Crippen LogP contribution >= 0.6 is 11.3 Å². The average Bonchev–Trinajstić information content (AvgIpc) is 3.07. The second kappa shape index (κ2) is 7.92. The van der Waals surface area contributed by atoms with Crippen molar-refractivity contribution in [1.29, 1.82) is 0 Å². The Kier molecular flexibility index (Phi) is 6.20. The number of hydrogen-bond acceptors (Lipinski definition) is 4. The van der Waals surface area contributed by atoms with Crippen molar-refractivity contribution in [3.05, 3.63) is 16.6 Å². The highest BCUT2D eigenvalue weighted by atomic mass is 32.1. The average molecular weight is 325 g/mol. The smallest absolute Gasteiger partial charge is 0.315 e. The van der Waals surface area contributed by atoms with Gasteiger partial charge in [-0.25, -0.2) is 9.78 Å². The van der Waals surface area contributed by atoms with Gasteiger partial charge in [-0.3, -0.25) is 0 Å². The van der Waals surface area contributed by atoms with E-state index in [0.717, 1.165) is 24.3 Å². The topological polar surface area (TPSA) is 74.2 Å². The van der Waals surface area contributed by atoms with Crippen molar-refractivity contribution < 1.29 is 9.90 Å². The van der Waals surface area contributed by atoms with Gasteiger partial charge in [0.05, 0.1) is 18.2 Å². The number of nitrogens with one attached hydrogen (secondary N) is 2. The number of nitrogens with zero attached hydrogens (tertiary/aromatic N) is 1. The molecule has 0 bridgehead atoms. The number of carbonyl (C=O) groups is 1. The molecule has 0 aliphatic heterocycles. The molecule has 0 aromatic carbocycles. The van der Waals surface area contributed by atoms with Crippen LogP contribution in [0.1, 0.15) is 63.4 Å². The summed E-state index contributed by atoms with van der Waals surface area (Å²) in [6, 6.07) is -0.293. The van der Waals surface area contributed by atoms with Crippen molar-refractivity contribution in [1.82, 2.24) is 15.6 Å². The summed E-state index contributed by atoms with van der Waals surface area (Å²) in [5, 5.41) is 18.6. The van der Waals surface area contributed by atoms with Gasteiger partial charge in [0.25, 0.3) is 0 Å². The van der Waals surface area contributed by atoms with Gasteiger partial charge in [-0.05, 0) is 32.1 Å². The first-order valence-corrected chi connectivity index (χ1v) is 9.06. The molecule has 1 saturated carbocycles. The van der Waals surface area contributed by atoms with Crippen LogP contribution in [-0.2, 0) is 0 Å². The summed E-state index contributed by atoms with van der Waals surface area (Å²) in [6.45, 7) is 3.95. The summed E-state index contributed by atoms with van der Waals surface area (Å²) in [4.78, 5) is 16.6. The maximum absolute atomic E-state index is 12.4. The van der Waals surface area contributed by atoms with Gasteiger partial charge < -0.3 is 15.7 Å². The predicted molar refractivity (Wildman–Crippen MR) is 88.9 cm³/mol. The molecule has 1 aliphatic carbocycles. The van der Waals surface area contributed by atoms with E-state index in [9.17, 15) is 9.90 Å². The number of aromatic nitrogens is 1. The third-order valence-electron chi connectivity index (χ3n) is 4.70. The van der Waals surface area contributed by atoms with Crippen molar-refractivity contribution in [2.75, 3.05) is 6.61 Å². The molecule has 0 radical (unpaired) electrons. The van der Waals surface area contributed by atoms with Gasteiger partial charge in [0.2, 0.25) is 0 Å². The number of thiazole rings is 1. The van der Waals surface area contributed by atoms with Crippen LogP contribution in [0.5, 0.6) is 0 Å². The number of aliphatic hydroxyl groups excluding tert-OH is 1. The van der Waals surface area contributed by atoms with Crippen LogP contribution in [-0.4, -0.2) is 28.3 Å². The summed E-state index contributed by atoms with van der Waals surface area (Å²) in [5.41, 5.74) is -0.550. The number of urea groups is 1. The second-order valence-electron chi connectivity index (χ2n) is 6.34. The maximum Gasteiger partial charge on any atom is 0.315 e. The summed E-state index contributed by atoms with van der Waals surface area (Å²) in [6.07, 6.45) is 8.30. The lowest BCUT2D eigenvalue weighted by Crippen LogP contribution is -2.57. The maximum atomic E-state index is 12.4. The molecule has 1 aromatic rings. The minimum Gasteiger partial charge on any atom is -0.394 e. The quantitative estimate of drug-likeness (QED) is 0.752. The van der Waals surface area contributed by atoms with Gasteiger partial charge in [-0.1, -0.05) is 26.2 Å². The highest BCUT2D eigenvalue weighted by Crippen LogP contribution is 2.32. The summed E-state index contributed by atoms with van der Waals surface area (Å²) >= 11 is 1.55. The molecule has 0 saturated heterocycles. The van der Waals surface area contributed by atoms with E-state index in [-0.39, 0.29) is 18.7 Å². The fourth-order valence-electron chi connectivity index (χ4n) is 3.21. The van der Waals surface area contributed by atoms with Gasteiger partial charge in [0.15, 0.2) is 0 Å². The lowest BCUT2D eigenvalue weighted by Gasteiger charge is -2.39. The molecule has 5 nitrogen and oxygen atoms in total. The Hall–Kier alpha value is -1.14. The predicted octanol–water partition coefficient (Wildman–Crippen LogP) is 3.22. The zero-order valence-electron chi connectivity index (χ0n) is 13.5. The largest absolute Gasteiger partial charge is 0.394 e. The molecule has 3 N–H and O–H groups in total. The number of hydrogen-bond donors (Lipinski definition) is 3. The first-order valence-electron chi connectivity index (χ1n) is 8.18. The molecule has 2 rings (SSSR count). The van der Waals surface area contributed by atoms with Crippen molar-refractivity contribution in [2.45, 2.75) is 64.0 Å². The van der Waals surface area contributed by atoms with E-state index >= 15 is 0 Å². The van der Waals surface area contributed by atoms with Crippen LogP contribution in [0.4, 0.5) is 4.79 Å². The molecule has 1 aliphatic rings. The molecule has 1 aromatic heterocycles. The normalized spacial score (nSPS) is 20.1. The first-order chi connectivity index (χ1) is 10.6. The van der Waals surface area contributed by atoms with Gasteiger partial charge in [0, 0.05) is 11.6 Å². The van der Waals surface area contributed by atoms with Crippen LogP contribution in [0.2, 0.25) is 0 Å². The highest BCUT2D eigenvalue weighted by Gasteiger charge is 2.36. The minimum atomic E-state index is -0.550. The van der Waals surface area contributed by atoms with Crippen molar-refractivity contribution in [2.24, 2.45) is 5.92 Å². The van der Waals surface area contributed by atoms with Crippen LogP contribution in [0.25, 0.3) is 0 Å². The van der Waals surface area contributed by atoms with Gasteiger partial charge in [-0.2, -0.15) is 0 Å². The van der Waals surface area contributed by atoms with Gasteiger partial charge in [-0.15, -0.1) is 11.3 Å². The zero-order valence-corrected chi connectivity index (χ0v) is 14.3. The molecular formula is C16H27N3O2S. The Labute approximate surface area is 136 Å². The molecule has 0 spiro atoms. The Morgan fingerprint density at radius 2 is 2.23 bits per heavy atom. The van der Waals surface area contributed by atoms with Gasteiger partial charge >= 0.3 is 6.03 Å². The number of aliphatic hydroxyl groups is 1. The molecule has 1 heterocycles. The van der Waals surface area contributed by atoms with E-state index in [1.165, 1.54) is 19.3 Å². The van der Waals surface area contributed by atoms with E-state index < -0.39 is 5.54 Å². The van der Waals surface area contributed by atoms with Crippen LogP contribution in [0.15, 0.2) is 11.6 Å². The SMILES string of the molecule is CC[C@@H](NC(=O)N[C@@](C)(CO)C1CCCCC1)c1nccs1. The van der Waals surface area contributed by atoms with Gasteiger partial charge in [0.1, 0.15) is 5.01 Å².